The molecule has 12 heteroatoms. The molecule has 2 aromatic rings. The van der Waals surface area contributed by atoms with Crippen LogP contribution in [-0.4, -0.2) is 84.1 Å². The average Bonchev–Trinajstić information content (AvgIpc) is 3.34. The Morgan fingerprint density at radius 3 is 2.80 bits per heavy atom. The van der Waals surface area contributed by atoms with Crippen molar-refractivity contribution in [1.82, 2.24) is 15.3 Å². The van der Waals surface area contributed by atoms with Crippen molar-refractivity contribution in [2.24, 2.45) is 16.7 Å². The van der Waals surface area contributed by atoms with E-state index in [1.165, 1.54) is 28.5 Å². The molecule has 5 N–H and O–H groups in total. The monoisotopic (exact) mass is 592 g/mol. The number of hydrogen-bond acceptors (Lipinski definition) is 8. The predicted molar refractivity (Wildman–Crippen MR) is 152 cm³/mol. The summed E-state index contributed by atoms with van der Waals surface area (Å²) in [6.07, 6.45) is 2.99. The predicted octanol–water partition coefficient (Wildman–Crippen LogP) is 1.28. The van der Waals surface area contributed by atoms with Crippen molar-refractivity contribution < 1.29 is 29.4 Å². The number of amides is 2. The Labute approximate surface area is 243 Å². The number of hydrogen-bond donors (Lipinski definition) is 5. The normalized spacial score (nSPS) is 30.3. The van der Waals surface area contributed by atoms with Crippen molar-refractivity contribution in [3.8, 4) is 0 Å². The lowest BCUT2D eigenvalue weighted by Crippen LogP contribution is -3.14. The summed E-state index contributed by atoms with van der Waals surface area (Å²) in [5.74, 6) is -0.644. The molecule has 40 heavy (non-hydrogen) atoms. The number of pyridine rings is 1. The molecule has 2 amide bonds. The van der Waals surface area contributed by atoms with E-state index in [2.05, 4.69) is 22.5 Å². The zero-order valence-corrected chi connectivity index (χ0v) is 24.6. The number of carbonyl (C=O) groups is 2. The Balaban J connectivity index is 1.39. The SMILES string of the molecule is C[C@@]12CCC(O)[C@@](C)(CO)C1Cc1sc(NC(=O)c3ccnc(Cl)c3)nc1C2CC(=O)NCC[NH+]1CCOCC1. The van der Waals surface area contributed by atoms with Gasteiger partial charge >= 0.3 is 0 Å². The Morgan fingerprint density at radius 1 is 1.30 bits per heavy atom. The molecule has 10 nitrogen and oxygen atoms in total. The molecule has 5 atom stereocenters. The second kappa shape index (κ2) is 12.0. The Morgan fingerprint density at radius 2 is 2.08 bits per heavy atom. The summed E-state index contributed by atoms with van der Waals surface area (Å²) in [6.45, 7) is 8.82. The van der Waals surface area contributed by atoms with Crippen molar-refractivity contribution in [2.75, 3.05) is 51.3 Å². The Hall–Kier alpha value is -2.15. The van der Waals surface area contributed by atoms with Crippen LogP contribution in [0.3, 0.4) is 0 Å². The van der Waals surface area contributed by atoms with Gasteiger partial charge in [-0.05, 0) is 42.7 Å². The van der Waals surface area contributed by atoms with E-state index in [9.17, 15) is 19.8 Å². The highest BCUT2D eigenvalue weighted by Gasteiger charge is 2.59. The number of nitrogens with zero attached hydrogens (tertiary/aromatic N) is 2. The largest absolute Gasteiger partial charge is 0.396 e. The summed E-state index contributed by atoms with van der Waals surface area (Å²) in [5, 5.41) is 28.1. The van der Waals surface area contributed by atoms with Crippen LogP contribution >= 0.6 is 22.9 Å². The Kier molecular flexibility index (Phi) is 8.80. The fraction of sp³-hybridized carbons (Fsp3) is 0.643. The molecule has 0 aromatic carbocycles. The van der Waals surface area contributed by atoms with Gasteiger partial charge in [-0.25, -0.2) is 9.97 Å². The molecule has 1 saturated carbocycles. The van der Waals surface area contributed by atoms with Crippen LogP contribution in [0.4, 0.5) is 5.13 Å². The van der Waals surface area contributed by atoms with Gasteiger partial charge < -0.3 is 25.2 Å². The minimum Gasteiger partial charge on any atom is -0.396 e. The van der Waals surface area contributed by atoms with Gasteiger partial charge in [-0.1, -0.05) is 25.4 Å². The summed E-state index contributed by atoms with van der Waals surface area (Å²) in [7, 11) is 0. The van der Waals surface area contributed by atoms with Gasteiger partial charge in [0.25, 0.3) is 5.91 Å². The van der Waals surface area contributed by atoms with Gasteiger partial charge in [-0.2, -0.15) is 0 Å². The quantitative estimate of drug-likeness (QED) is 0.291. The van der Waals surface area contributed by atoms with Crippen molar-refractivity contribution in [3.63, 3.8) is 0 Å². The first-order chi connectivity index (χ1) is 19.1. The van der Waals surface area contributed by atoms with Crippen molar-refractivity contribution in [2.45, 2.75) is 51.6 Å². The number of anilines is 1. The van der Waals surface area contributed by atoms with Crippen LogP contribution in [0.25, 0.3) is 0 Å². The van der Waals surface area contributed by atoms with E-state index in [1.807, 2.05) is 6.92 Å². The maximum absolute atomic E-state index is 13.3. The lowest BCUT2D eigenvalue weighted by molar-refractivity contribution is -0.906. The van der Waals surface area contributed by atoms with E-state index in [4.69, 9.17) is 21.3 Å². The third kappa shape index (κ3) is 5.77. The number of carbonyl (C=O) groups excluding carboxylic acids is 2. The summed E-state index contributed by atoms with van der Waals surface area (Å²) in [4.78, 5) is 37.5. The first kappa shape index (κ1) is 29.3. The lowest BCUT2D eigenvalue weighted by Gasteiger charge is -2.58. The van der Waals surface area contributed by atoms with Crippen LogP contribution in [-0.2, 0) is 16.0 Å². The van der Waals surface area contributed by atoms with E-state index in [0.717, 1.165) is 49.8 Å². The van der Waals surface area contributed by atoms with Gasteiger partial charge in [0.05, 0.1) is 44.7 Å². The maximum atomic E-state index is 13.3. The number of nitrogens with one attached hydrogen (secondary N) is 3. The van der Waals surface area contributed by atoms with Crippen LogP contribution in [0.15, 0.2) is 18.3 Å². The minimum absolute atomic E-state index is 0.0349. The zero-order chi connectivity index (χ0) is 28.5. The van der Waals surface area contributed by atoms with E-state index >= 15 is 0 Å². The van der Waals surface area contributed by atoms with E-state index in [1.54, 1.807) is 6.07 Å². The van der Waals surface area contributed by atoms with Crippen LogP contribution in [0.2, 0.25) is 5.15 Å². The number of aliphatic hydroxyl groups is 2. The summed E-state index contributed by atoms with van der Waals surface area (Å²) in [6, 6.07) is 3.09. The molecule has 2 fully saturated rings. The molecule has 0 bridgehead atoms. The third-order valence-corrected chi connectivity index (χ3v) is 10.7. The van der Waals surface area contributed by atoms with Gasteiger partial charge in [0.1, 0.15) is 18.2 Å². The molecule has 0 spiro atoms. The number of quaternary nitrogens is 1. The first-order valence-electron chi connectivity index (χ1n) is 14.0. The maximum Gasteiger partial charge on any atom is 0.257 e. The molecule has 5 rings (SSSR count). The number of halogens is 1. The Bertz CT molecular complexity index is 1240. The van der Waals surface area contributed by atoms with Gasteiger partial charge in [-0.15, -0.1) is 11.3 Å². The molecule has 3 unspecified atom stereocenters. The van der Waals surface area contributed by atoms with Crippen molar-refractivity contribution in [3.05, 3.63) is 39.6 Å². The average molecular weight is 593 g/mol. The van der Waals surface area contributed by atoms with Gasteiger partial charge in [-0.3, -0.25) is 14.9 Å². The molecule has 1 aliphatic heterocycles. The standard InChI is InChI=1S/C28H38ClN5O5S/c1-27-5-3-21(36)28(2,16-35)20(27)15-19-24(18(27)14-23(37)31-7-8-34-9-11-39-12-10-34)32-26(40-19)33-25(38)17-4-6-30-22(29)13-17/h4,6,13,18,20-21,35-36H,3,5,7-12,14-16H2,1-2H3,(H,31,37)(H,32,33,38)/p+1/t18?,20?,21?,27-,28-/m0/s1. The fourth-order valence-electron chi connectivity index (χ4n) is 6.96. The summed E-state index contributed by atoms with van der Waals surface area (Å²) in [5.41, 5.74) is 0.144. The van der Waals surface area contributed by atoms with E-state index < -0.39 is 11.5 Å². The van der Waals surface area contributed by atoms with Gasteiger partial charge in [0.15, 0.2) is 5.13 Å². The number of thiazole rings is 1. The highest BCUT2D eigenvalue weighted by molar-refractivity contribution is 7.15. The van der Waals surface area contributed by atoms with E-state index in [0.29, 0.717) is 30.1 Å². The molecule has 218 valence electrons. The highest BCUT2D eigenvalue weighted by Crippen LogP contribution is 2.62. The number of ether oxygens (including phenoxy) is 1. The topological polar surface area (TPSA) is 138 Å². The van der Waals surface area contributed by atoms with E-state index in [-0.39, 0.29) is 47.2 Å². The highest BCUT2D eigenvalue weighted by atomic mass is 35.5. The van der Waals surface area contributed by atoms with Crippen molar-refractivity contribution >= 4 is 39.9 Å². The van der Waals surface area contributed by atoms with Crippen LogP contribution in [0, 0.1) is 16.7 Å². The molecule has 1 saturated heterocycles. The molecule has 2 aliphatic carbocycles. The molecular formula is C28H39ClN5O5S+. The zero-order valence-electron chi connectivity index (χ0n) is 23.0. The molecule has 3 aliphatic rings. The molecule has 0 radical (unpaired) electrons. The van der Waals surface area contributed by atoms with Crippen LogP contribution in [0.1, 0.15) is 60.0 Å². The van der Waals surface area contributed by atoms with Crippen LogP contribution < -0.4 is 15.5 Å². The van der Waals surface area contributed by atoms with Gasteiger partial charge in [0.2, 0.25) is 5.91 Å². The summed E-state index contributed by atoms with van der Waals surface area (Å²) < 4.78 is 5.43. The lowest BCUT2D eigenvalue weighted by atomic mass is 9.47. The second-order valence-corrected chi connectivity index (χ2v) is 13.3. The summed E-state index contributed by atoms with van der Waals surface area (Å²) >= 11 is 7.37. The smallest absolute Gasteiger partial charge is 0.257 e. The van der Waals surface area contributed by atoms with Crippen molar-refractivity contribution in [1.29, 1.82) is 0 Å². The van der Waals surface area contributed by atoms with Gasteiger partial charge in [0, 0.05) is 34.4 Å². The van der Waals surface area contributed by atoms with Crippen LogP contribution in [0.5, 0.6) is 0 Å². The first-order valence-corrected chi connectivity index (χ1v) is 15.2. The number of fused-ring (bicyclic) bond motifs is 2. The number of aliphatic hydroxyl groups excluding tert-OH is 2. The molecule has 2 aromatic heterocycles. The molecule has 3 heterocycles. The molecular weight excluding hydrogens is 554 g/mol. The second-order valence-electron chi connectivity index (χ2n) is 11.8. The number of rotatable bonds is 8. The fourth-order valence-corrected chi connectivity index (χ4v) is 8.20. The number of morpholine rings is 1. The number of aromatic nitrogens is 2. The minimum atomic E-state index is -0.708. The third-order valence-electron chi connectivity index (χ3n) is 9.49.